The van der Waals surface area contributed by atoms with Gasteiger partial charge in [-0.2, -0.15) is 4.31 Å². The Morgan fingerprint density at radius 1 is 1.21 bits per heavy atom. The Kier molecular flexibility index (Phi) is 7.15. The molecule has 0 atom stereocenters. The fourth-order valence-electron chi connectivity index (χ4n) is 2.70. The van der Waals surface area contributed by atoms with Gasteiger partial charge in [-0.1, -0.05) is 12.1 Å². The number of sulfonamides is 1. The molecule has 1 aromatic carbocycles. The zero-order chi connectivity index (χ0) is 21.8. The van der Waals surface area contributed by atoms with Crippen molar-refractivity contribution in [3.63, 3.8) is 0 Å². The van der Waals surface area contributed by atoms with Gasteiger partial charge in [0.1, 0.15) is 23.0 Å². The van der Waals surface area contributed by atoms with E-state index in [9.17, 15) is 22.4 Å². The van der Waals surface area contributed by atoms with Gasteiger partial charge >= 0.3 is 11.9 Å². The zero-order valence-corrected chi connectivity index (χ0v) is 17.5. The van der Waals surface area contributed by atoms with Crippen LogP contribution in [-0.4, -0.2) is 49.5 Å². The first-order chi connectivity index (χ1) is 13.6. The van der Waals surface area contributed by atoms with E-state index in [-0.39, 0.29) is 23.7 Å². The normalized spacial score (nSPS) is 11.5. The quantitative estimate of drug-likeness (QED) is 0.600. The van der Waals surface area contributed by atoms with E-state index in [0.717, 1.165) is 11.4 Å². The van der Waals surface area contributed by atoms with E-state index in [1.165, 1.54) is 34.9 Å². The van der Waals surface area contributed by atoms with Crippen molar-refractivity contribution < 1.29 is 31.9 Å². The topological polar surface area (TPSA) is 94.9 Å². The molecule has 0 saturated heterocycles. The first-order valence-electron chi connectivity index (χ1n) is 8.76. The van der Waals surface area contributed by atoms with Crippen LogP contribution in [0.25, 0.3) is 0 Å². The van der Waals surface area contributed by atoms with Crippen molar-refractivity contribution >= 4 is 22.0 Å². The van der Waals surface area contributed by atoms with E-state index < -0.39 is 34.3 Å². The molecule has 0 saturated carbocycles. The zero-order valence-electron chi connectivity index (χ0n) is 16.6. The average Bonchev–Trinajstić information content (AvgIpc) is 2.98. The van der Waals surface area contributed by atoms with Crippen molar-refractivity contribution in [1.29, 1.82) is 0 Å². The lowest BCUT2D eigenvalue weighted by atomic mass is 10.2. The number of rotatable bonds is 8. The second-order valence-electron chi connectivity index (χ2n) is 6.23. The first kappa shape index (κ1) is 22.6. The number of aromatic nitrogens is 1. The van der Waals surface area contributed by atoms with Crippen LogP contribution in [0.5, 0.6) is 0 Å². The Morgan fingerprint density at radius 3 is 2.38 bits per heavy atom. The van der Waals surface area contributed by atoms with Gasteiger partial charge < -0.3 is 14.0 Å². The van der Waals surface area contributed by atoms with Crippen LogP contribution < -0.4 is 0 Å². The molecule has 0 N–H and O–H groups in total. The van der Waals surface area contributed by atoms with E-state index >= 15 is 0 Å². The molecule has 0 unspecified atom stereocenters. The lowest BCUT2D eigenvalue weighted by Gasteiger charge is -2.21. The SMILES string of the molecule is CCOC(=O)c1cc(S(=O)(=O)N(CC(=O)OC)Cc2ccc(F)cc2)c(C)n1C. The molecule has 0 radical (unpaired) electrons. The molecule has 1 heterocycles. The van der Waals surface area contributed by atoms with Crippen molar-refractivity contribution in [2.45, 2.75) is 25.3 Å². The molecule has 2 rings (SSSR count). The van der Waals surface area contributed by atoms with Gasteiger partial charge in [-0.25, -0.2) is 17.6 Å². The monoisotopic (exact) mass is 426 g/mol. The number of esters is 2. The van der Waals surface area contributed by atoms with Crippen LogP contribution in [0.1, 0.15) is 28.7 Å². The highest BCUT2D eigenvalue weighted by molar-refractivity contribution is 7.89. The lowest BCUT2D eigenvalue weighted by molar-refractivity contribution is -0.140. The molecule has 0 aliphatic carbocycles. The molecule has 29 heavy (non-hydrogen) atoms. The van der Waals surface area contributed by atoms with Gasteiger partial charge in [-0.05, 0) is 37.6 Å². The summed E-state index contributed by atoms with van der Waals surface area (Å²) in [6.45, 7) is 2.61. The molecule has 2 aromatic rings. The average molecular weight is 426 g/mol. The van der Waals surface area contributed by atoms with Crippen molar-refractivity contribution in [2.24, 2.45) is 7.05 Å². The van der Waals surface area contributed by atoms with E-state index in [1.54, 1.807) is 20.9 Å². The Balaban J connectivity index is 2.48. The van der Waals surface area contributed by atoms with Crippen LogP contribution in [0, 0.1) is 12.7 Å². The maximum Gasteiger partial charge on any atom is 0.354 e. The molecular formula is C19H23FN2O6S. The minimum absolute atomic E-state index is 0.0720. The third-order valence-electron chi connectivity index (χ3n) is 4.40. The Hall–Kier alpha value is -2.72. The van der Waals surface area contributed by atoms with E-state index in [0.29, 0.717) is 11.3 Å². The second-order valence-corrected chi connectivity index (χ2v) is 8.14. The molecule has 0 spiro atoms. The standard InChI is InChI=1S/C19H23FN2O6S/c1-5-28-19(24)16-10-17(13(2)21(16)3)29(25,26)22(12-18(23)27-4)11-14-6-8-15(20)9-7-14/h6-10H,5,11-12H2,1-4H3. The third-order valence-corrected chi connectivity index (χ3v) is 6.30. The van der Waals surface area contributed by atoms with Crippen molar-refractivity contribution in [2.75, 3.05) is 20.3 Å². The maximum atomic E-state index is 13.3. The molecule has 0 fully saturated rings. The minimum atomic E-state index is -4.19. The second kappa shape index (κ2) is 9.19. The lowest BCUT2D eigenvalue weighted by Crippen LogP contribution is -2.36. The van der Waals surface area contributed by atoms with Crippen molar-refractivity contribution in [3.05, 3.63) is 53.1 Å². The molecule has 0 aliphatic heterocycles. The molecule has 0 bridgehead atoms. The fourth-order valence-corrected chi connectivity index (χ4v) is 4.34. The Bertz CT molecular complexity index is 998. The fraction of sp³-hybridized carbons (Fsp3) is 0.368. The predicted molar refractivity (Wildman–Crippen MR) is 102 cm³/mol. The maximum absolute atomic E-state index is 13.3. The van der Waals surface area contributed by atoms with Gasteiger partial charge in [0.25, 0.3) is 0 Å². The van der Waals surface area contributed by atoms with Gasteiger partial charge in [0.2, 0.25) is 10.0 Å². The van der Waals surface area contributed by atoms with E-state index in [4.69, 9.17) is 4.74 Å². The predicted octanol–water partition coefficient (Wildman–Crippen LogP) is 2.01. The number of carbonyl (C=O) groups excluding carboxylic acids is 2. The summed E-state index contributed by atoms with van der Waals surface area (Å²) < 4.78 is 51.7. The summed E-state index contributed by atoms with van der Waals surface area (Å²) in [5.74, 6) is -1.87. The molecule has 0 aliphatic rings. The number of ether oxygens (including phenoxy) is 2. The minimum Gasteiger partial charge on any atom is -0.468 e. The smallest absolute Gasteiger partial charge is 0.354 e. The number of halogens is 1. The Labute approximate surface area is 168 Å². The molecule has 0 amide bonds. The van der Waals surface area contributed by atoms with Crippen LogP contribution in [0.3, 0.4) is 0 Å². The van der Waals surface area contributed by atoms with Crippen LogP contribution in [0.4, 0.5) is 4.39 Å². The Morgan fingerprint density at radius 2 is 1.83 bits per heavy atom. The van der Waals surface area contributed by atoms with Crippen LogP contribution >= 0.6 is 0 Å². The van der Waals surface area contributed by atoms with Crippen molar-refractivity contribution in [1.82, 2.24) is 8.87 Å². The summed E-state index contributed by atoms with van der Waals surface area (Å²) in [4.78, 5) is 23.8. The molecule has 1 aromatic heterocycles. The van der Waals surface area contributed by atoms with Gasteiger partial charge in [-0.3, -0.25) is 4.79 Å². The highest BCUT2D eigenvalue weighted by Gasteiger charge is 2.32. The largest absolute Gasteiger partial charge is 0.468 e. The number of methoxy groups -OCH3 is 1. The summed E-state index contributed by atoms with van der Waals surface area (Å²) in [5.41, 5.74) is 0.864. The number of nitrogens with zero attached hydrogens (tertiary/aromatic N) is 2. The molecule has 8 nitrogen and oxygen atoms in total. The van der Waals surface area contributed by atoms with Crippen LogP contribution in [0.2, 0.25) is 0 Å². The van der Waals surface area contributed by atoms with Crippen molar-refractivity contribution in [3.8, 4) is 0 Å². The third kappa shape index (κ3) is 5.01. The van der Waals surface area contributed by atoms with Gasteiger partial charge in [-0.15, -0.1) is 0 Å². The van der Waals surface area contributed by atoms with Gasteiger partial charge in [0, 0.05) is 19.3 Å². The van der Waals surface area contributed by atoms with Crippen LogP contribution in [0.15, 0.2) is 35.2 Å². The molecular weight excluding hydrogens is 403 g/mol. The van der Waals surface area contributed by atoms with E-state index in [2.05, 4.69) is 4.74 Å². The van der Waals surface area contributed by atoms with Crippen LogP contribution in [-0.2, 0) is 37.9 Å². The number of hydrogen-bond acceptors (Lipinski definition) is 6. The van der Waals surface area contributed by atoms with Gasteiger partial charge in [0.15, 0.2) is 0 Å². The highest BCUT2D eigenvalue weighted by atomic mass is 32.2. The van der Waals surface area contributed by atoms with Gasteiger partial charge in [0.05, 0.1) is 13.7 Å². The summed E-state index contributed by atoms with van der Waals surface area (Å²) >= 11 is 0. The molecule has 158 valence electrons. The summed E-state index contributed by atoms with van der Waals surface area (Å²) in [7, 11) is -1.49. The number of carbonyl (C=O) groups is 2. The summed E-state index contributed by atoms with van der Waals surface area (Å²) in [6, 6.07) is 6.47. The molecule has 10 heteroatoms. The number of hydrogen-bond donors (Lipinski definition) is 0. The summed E-state index contributed by atoms with van der Waals surface area (Å²) in [5, 5.41) is 0. The summed E-state index contributed by atoms with van der Waals surface area (Å²) in [6.07, 6.45) is 0. The van der Waals surface area contributed by atoms with E-state index in [1.807, 2.05) is 0 Å². The highest BCUT2D eigenvalue weighted by Crippen LogP contribution is 2.25. The first-order valence-corrected chi connectivity index (χ1v) is 10.2. The number of benzene rings is 1.